The molecule has 0 bridgehead atoms. The van der Waals surface area contributed by atoms with Gasteiger partial charge in [0.25, 0.3) is 0 Å². The van der Waals surface area contributed by atoms with Crippen molar-refractivity contribution in [3.05, 3.63) is 35.4 Å². The molecule has 1 N–H and O–H groups in total. The van der Waals surface area contributed by atoms with Crippen molar-refractivity contribution in [2.45, 2.75) is 45.7 Å². The Morgan fingerprint density at radius 3 is 2.78 bits per heavy atom. The molecule has 2 nitrogen and oxygen atoms in total. The number of hydrogen-bond acceptors (Lipinski definition) is 2. The fourth-order valence-corrected chi connectivity index (χ4v) is 3.03. The normalized spacial score (nSPS) is 22.8. The average Bonchev–Trinajstić information content (AvgIpc) is 2.59. The van der Waals surface area contributed by atoms with Crippen LogP contribution in [0.3, 0.4) is 0 Å². The molecule has 0 amide bonds. The van der Waals surface area contributed by atoms with Gasteiger partial charge in [-0.1, -0.05) is 45.0 Å². The Morgan fingerprint density at radius 2 is 2.11 bits per heavy atom. The van der Waals surface area contributed by atoms with Gasteiger partial charge in [0.1, 0.15) is 0 Å². The van der Waals surface area contributed by atoms with E-state index in [1.807, 2.05) is 0 Å². The van der Waals surface area contributed by atoms with Crippen LogP contribution in [0.15, 0.2) is 24.3 Å². The molecule has 0 heterocycles. The van der Waals surface area contributed by atoms with Crippen molar-refractivity contribution in [3.8, 4) is 0 Å². The van der Waals surface area contributed by atoms with Crippen LogP contribution in [0.25, 0.3) is 0 Å². The molecule has 2 heteroatoms. The summed E-state index contributed by atoms with van der Waals surface area (Å²) in [6, 6.07) is 9.69. The predicted molar refractivity (Wildman–Crippen MR) is 75.8 cm³/mol. The van der Waals surface area contributed by atoms with Crippen LogP contribution in [-0.4, -0.2) is 19.8 Å². The Bertz CT molecular complexity index is 400. The van der Waals surface area contributed by atoms with E-state index in [1.165, 1.54) is 11.1 Å². The lowest BCUT2D eigenvalue weighted by molar-refractivity contribution is 0.142. The van der Waals surface area contributed by atoms with Gasteiger partial charge in [0.2, 0.25) is 0 Å². The first-order valence-corrected chi connectivity index (χ1v) is 6.91. The topological polar surface area (TPSA) is 21.3 Å². The van der Waals surface area contributed by atoms with Crippen LogP contribution in [0, 0.1) is 5.41 Å². The standard InChI is InChI=1S/C16H25NO/c1-5-13(11-18-4)17-15-14-9-7-6-8-12(14)10-16(15,2)3/h6-9,13,15,17H,5,10-11H2,1-4H3. The summed E-state index contributed by atoms with van der Waals surface area (Å²) in [5.41, 5.74) is 3.24. The third kappa shape index (κ3) is 2.60. The van der Waals surface area contributed by atoms with Gasteiger partial charge in [0.05, 0.1) is 6.61 Å². The van der Waals surface area contributed by atoms with Crippen molar-refractivity contribution in [1.82, 2.24) is 5.32 Å². The van der Waals surface area contributed by atoms with Gasteiger partial charge in [-0.2, -0.15) is 0 Å². The third-order valence-corrected chi connectivity index (χ3v) is 4.06. The van der Waals surface area contributed by atoms with E-state index in [-0.39, 0.29) is 5.41 Å². The zero-order valence-electron chi connectivity index (χ0n) is 12.0. The Labute approximate surface area is 111 Å². The molecular weight excluding hydrogens is 222 g/mol. The summed E-state index contributed by atoms with van der Waals surface area (Å²) in [7, 11) is 1.78. The summed E-state index contributed by atoms with van der Waals surface area (Å²) < 4.78 is 5.30. The molecule has 1 aromatic rings. The highest BCUT2D eigenvalue weighted by Crippen LogP contribution is 2.45. The van der Waals surface area contributed by atoms with Crippen molar-refractivity contribution in [2.24, 2.45) is 5.41 Å². The number of nitrogens with one attached hydrogen (secondary N) is 1. The van der Waals surface area contributed by atoms with E-state index in [0.29, 0.717) is 12.1 Å². The molecule has 0 aromatic heterocycles. The van der Waals surface area contributed by atoms with Crippen LogP contribution >= 0.6 is 0 Å². The first-order chi connectivity index (χ1) is 8.58. The van der Waals surface area contributed by atoms with E-state index >= 15 is 0 Å². The Hall–Kier alpha value is -0.860. The van der Waals surface area contributed by atoms with Crippen molar-refractivity contribution in [1.29, 1.82) is 0 Å². The number of ether oxygens (including phenoxy) is 1. The van der Waals surface area contributed by atoms with Crippen molar-refractivity contribution in [2.75, 3.05) is 13.7 Å². The zero-order valence-corrected chi connectivity index (χ0v) is 12.0. The van der Waals surface area contributed by atoms with E-state index in [9.17, 15) is 0 Å². The minimum atomic E-state index is 0.283. The predicted octanol–water partition coefficient (Wildman–Crippen LogP) is 3.32. The number of benzene rings is 1. The smallest absolute Gasteiger partial charge is 0.0615 e. The second-order valence-electron chi connectivity index (χ2n) is 6.02. The van der Waals surface area contributed by atoms with Crippen molar-refractivity contribution < 1.29 is 4.74 Å². The maximum absolute atomic E-state index is 5.30. The van der Waals surface area contributed by atoms with Gasteiger partial charge in [0, 0.05) is 19.2 Å². The van der Waals surface area contributed by atoms with Gasteiger partial charge in [-0.3, -0.25) is 0 Å². The van der Waals surface area contributed by atoms with Crippen molar-refractivity contribution in [3.63, 3.8) is 0 Å². The van der Waals surface area contributed by atoms with E-state index in [2.05, 4.69) is 50.4 Å². The molecule has 1 aliphatic rings. The molecule has 0 saturated heterocycles. The molecule has 18 heavy (non-hydrogen) atoms. The Balaban J connectivity index is 2.20. The molecule has 2 unspecified atom stereocenters. The summed E-state index contributed by atoms with van der Waals surface area (Å²) >= 11 is 0. The first-order valence-electron chi connectivity index (χ1n) is 6.91. The molecule has 1 aliphatic carbocycles. The highest BCUT2D eigenvalue weighted by atomic mass is 16.5. The van der Waals surface area contributed by atoms with Crippen LogP contribution in [0.2, 0.25) is 0 Å². The fraction of sp³-hybridized carbons (Fsp3) is 0.625. The maximum Gasteiger partial charge on any atom is 0.0615 e. The quantitative estimate of drug-likeness (QED) is 0.862. The molecule has 2 rings (SSSR count). The maximum atomic E-state index is 5.30. The molecule has 1 aromatic carbocycles. The van der Waals surface area contributed by atoms with Crippen LogP contribution in [0.1, 0.15) is 44.4 Å². The molecule has 100 valence electrons. The van der Waals surface area contributed by atoms with Crippen molar-refractivity contribution >= 4 is 0 Å². The number of methoxy groups -OCH3 is 1. The molecule has 0 aliphatic heterocycles. The van der Waals surface area contributed by atoms with Gasteiger partial charge < -0.3 is 10.1 Å². The second kappa shape index (κ2) is 5.41. The lowest BCUT2D eigenvalue weighted by Crippen LogP contribution is -2.40. The van der Waals surface area contributed by atoms with Gasteiger partial charge in [-0.15, -0.1) is 0 Å². The summed E-state index contributed by atoms with van der Waals surface area (Å²) in [4.78, 5) is 0. The van der Waals surface area contributed by atoms with E-state index in [0.717, 1.165) is 19.4 Å². The third-order valence-electron chi connectivity index (χ3n) is 4.06. The highest BCUT2D eigenvalue weighted by molar-refractivity contribution is 5.37. The average molecular weight is 247 g/mol. The molecule has 0 fully saturated rings. The summed E-state index contributed by atoms with van der Waals surface area (Å²) in [5.74, 6) is 0. The van der Waals surface area contributed by atoms with Gasteiger partial charge in [-0.25, -0.2) is 0 Å². The molecule has 2 atom stereocenters. The first kappa shape index (κ1) is 13.6. The van der Waals surface area contributed by atoms with Crippen LogP contribution in [0.4, 0.5) is 0 Å². The largest absolute Gasteiger partial charge is 0.383 e. The lowest BCUT2D eigenvalue weighted by Gasteiger charge is -2.32. The van der Waals surface area contributed by atoms with Crippen LogP contribution in [0.5, 0.6) is 0 Å². The number of rotatable bonds is 5. The highest BCUT2D eigenvalue weighted by Gasteiger charge is 2.39. The summed E-state index contributed by atoms with van der Waals surface area (Å²) in [6.07, 6.45) is 2.26. The minimum absolute atomic E-state index is 0.283. The summed E-state index contributed by atoms with van der Waals surface area (Å²) in [6.45, 7) is 7.70. The van der Waals surface area contributed by atoms with Gasteiger partial charge in [0.15, 0.2) is 0 Å². The zero-order chi connectivity index (χ0) is 13.2. The van der Waals surface area contributed by atoms with Crippen LogP contribution in [-0.2, 0) is 11.2 Å². The van der Waals surface area contributed by atoms with E-state index < -0.39 is 0 Å². The Kier molecular flexibility index (Phi) is 4.08. The lowest BCUT2D eigenvalue weighted by atomic mass is 9.85. The Morgan fingerprint density at radius 1 is 1.39 bits per heavy atom. The minimum Gasteiger partial charge on any atom is -0.383 e. The molecule has 0 saturated carbocycles. The SMILES string of the molecule is CCC(COC)NC1c2ccccc2CC1(C)C. The molecule has 0 radical (unpaired) electrons. The monoisotopic (exact) mass is 247 g/mol. The van der Waals surface area contributed by atoms with Gasteiger partial charge in [-0.05, 0) is 29.4 Å². The van der Waals surface area contributed by atoms with Crippen LogP contribution < -0.4 is 5.32 Å². The molecular formula is C16H25NO. The summed E-state index contributed by atoms with van der Waals surface area (Å²) in [5, 5.41) is 3.79. The number of fused-ring (bicyclic) bond motifs is 1. The fourth-order valence-electron chi connectivity index (χ4n) is 3.03. The van der Waals surface area contributed by atoms with Gasteiger partial charge >= 0.3 is 0 Å². The van der Waals surface area contributed by atoms with E-state index in [4.69, 9.17) is 4.74 Å². The number of hydrogen-bond donors (Lipinski definition) is 1. The second-order valence-corrected chi connectivity index (χ2v) is 6.02. The van der Waals surface area contributed by atoms with E-state index in [1.54, 1.807) is 7.11 Å². The molecule has 0 spiro atoms.